The Morgan fingerprint density at radius 3 is 1.78 bits per heavy atom. The van der Waals surface area contributed by atoms with Gasteiger partial charge >= 0.3 is 35.5 Å². The molecule has 6 atom stereocenters. The quantitative estimate of drug-likeness (QED) is 0.124. The molecule has 2 aromatic carbocycles. The van der Waals surface area contributed by atoms with Gasteiger partial charge in [-0.1, -0.05) is 52.0 Å². The van der Waals surface area contributed by atoms with Crippen molar-refractivity contribution in [1.29, 1.82) is 0 Å². The topological polar surface area (TPSA) is 171 Å². The van der Waals surface area contributed by atoms with Crippen LogP contribution in [0.2, 0.25) is 0 Å². The lowest BCUT2D eigenvalue weighted by Gasteiger charge is -2.46. The van der Waals surface area contributed by atoms with E-state index < -0.39 is 86.1 Å². The number of ether oxygens (including phenoxy) is 6. The highest BCUT2D eigenvalue weighted by atomic mass is 16.7. The number of hydrogen-bond acceptors (Lipinski definition) is 13. The second-order valence-electron chi connectivity index (χ2n) is 17.4. The Bertz CT molecular complexity index is 2300. The molecular formula is C41H44O13. The Hall–Kier alpha value is -4.94. The smallest absolute Gasteiger partial charge is 0.351 e. The van der Waals surface area contributed by atoms with Gasteiger partial charge in [-0.2, -0.15) is 0 Å². The third kappa shape index (κ3) is 4.10. The van der Waals surface area contributed by atoms with Gasteiger partial charge in [0.1, 0.15) is 11.4 Å². The SMILES string of the molecule is CCOC(=O)c1cc(=O)oc2c3c(c4ccccc4c12)OC(C)(C)[C@H](OC(=O)[C@@]12CC[C@@](C)(C(=O)O1)C2(C)C)[C@@H]3OC(=O)[C@@]12CC[C@@](C)(C(=O)O1)C2(C)C. The fourth-order valence-electron chi connectivity index (χ4n) is 9.82. The molecule has 0 N–H and O–H groups in total. The second-order valence-corrected chi connectivity index (χ2v) is 17.4. The van der Waals surface area contributed by atoms with Crippen molar-refractivity contribution in [3.05, 3.63) is 51.9 Å². The van der Waals surface area contributed by atoms with E-state index in [1.807, 2.05) is 0 Å². The third-order valence-electron chi connectivity index (χ3n) is 14.3. The van der Waals surface area contributed by atoms with Crippen LogP contribution in [0.3, 0.4) is 0 Å². The van der Waals surface area contributed by atoms with Crippen LogP contribution in [-0.2, 0) is 42.9 Å². The first-order chi connectivity index (χ1) is 25.1. The molecule has 0 amide bonds. The average molecular weight is 745 g/mol. The van der Waals surface area contributed by atoms with E-state index in [1.165, 1.54) is 0 Å². The maximum atomic E-state index is 14.8. The number of rotatable bonds is 6. The van der Waals surface area contributed by atoms with Crippen molar-refractivity contribution in [3.63, 3.8) is 0 Å². The molecule has 4 bridgehead atoms. The molecule has 13 heteroatoms. The maximum Gasteiger partial charge on any atom is 0.351 e. The number of carbonyl (C=O) groups is 5. The molecule has 8 rings (SSSR count). The van der Waals surface area contributed by atoms with Gasteiger partial charge in [0.2, 0.25) is 11.2 Å². The normalized spacial score (nSPS) is 33.5. The third-order valence-corrected chi connectivity index (χ3v) is 14.3. The summed E-state index contributed by atoms with van der Waals surface area (Å²) in [5.41, 5.74) is -9.82. The van der Waals surface area contributed by atoms with Gasteiger partial charge in [-0.25, -0.2) is 19.2 Å². The van der Waals surface area contributed by atoms with E-state index in [0.717, 1.165) is 6.07 Å². The largest absolute Gasteiger partial charge is 0.483 e. The predicted molar refractivity (Wildman–Crippen MR) is 189 cm³/mol. The Morgan fingerprint density at radius 2 is 1.28 bits per heavy atom. The summed E-state index contributed by atoms with van der Waals surface area (Å²) in [4.78, 5) is 82.7. The van der Waals surface area contributed by atoms with Crippen LogP contribution in [-0.4, -0.2) is 59.4 Å². The van der Waals surface area contributed by atoms with Gasteiger partial charge in [0.25, 0.3) is 0 Å². The summed E-state index contributed by atoms with van der Waals surface area (Å²) in [5, 5.41) is 1.15. The van der Waals surface area contributed by atoms with Crippen LogP contribution < -0.4 is 10.4 Å². The van der Waals surface area contributed by atoms with Crippen LogP contribution >= 0.6 is 0 Å². The molecule has 0 unspecified atom stereocenters. The first-order valence-corrected chi connectivity index (χ1v) is 18.4. The van der Waals surface area contributed by atoms with Gasteiger partial charge in [0, 0.05) is 27.7 Å². The highest BCUT2D eigenvalue weighted by molar-refractivity contribution is 6.18. The van der Waals surface area contributed by atoms with Crippen LogP contribution in [0.15, 0.2) is 39.5 Å². The van der Waals surface area contributed by atoms with Gasteiger partial charge in [0.15, 0.2) is 17.8 Å². The fourth-order valence-corrected chi connectivity index (χ4v) is 9.82. The highest BCUT2D eigenvalue weighted by Crippen LogP contribution is 2.68. The lowest BCUT2D eigenvalue weighted by Crippen LogP contribution is -2.57. The predicted octanol–water partition coefficient (Wildman–Crippen LogP) is 6.03. The van der Waals surface area contributed by atoms with E-state index in [9.17, 15) is 28.8 Å². The van der Waals surface area contributed by atoms with E-state index in [2.05, 4.69) is 0 Å². The molecule has 4 fully saturated rings. The number of benzene rings is 2. The Labute approximate surface area is 310 Å². The Kier molecular flexibility index (Phi) is 7.24. The molecule has 3 aromatic rings. The van der Waals surface area contributed by atoms with E-state index in [4.69, 9.17) is 32.8 Å². The van der Waals surface area contributed by atoms with Crippen LogP contribution in [0, 0.1) is 21.7 Å². The van der Waals surface area contributed by atoms with Crippen molar-refractivity contribution in [3.8, 4) is 5.75 Å². The van der Waals surface area contributed by atoms with Crippen LogP contribution in [0.1, 0.15) is 110 Å². The maximum absolute atomic E-state index is 14.8. The van der Waals surface area contributed by atoms with Gasteiger partial charge in [-0.15, -0.1) is 0 Å². The number of hydrogen-bond donors (Lipinski definition) is 0. The molecule has 5 aliphatic rings. The molecule has 2 aliphatic carbocycles. The van der Waals surface area contributed by atoms with Crippen molar-refractivity contribution in [1.82, 2.24) is 0 Å². The van der Waals surface area contributed by atoms with Crippen molar-refractivity contribution in [2.75, 3.05) is 6.61 Å². The lowest BCUT2D eigenvalue weighted by atomic mass is 9.66. The molecule has 0 spiro atoms. The number of fused-ring (bicyclic) bond motifs is 10. The Balaban J connectivity index is 1.37. The zero-order valence-electron chi connectivity index (χ0n) is 31.9. The zero-order chi connectivity index (χ0) is 39.2. The molecular weight excluding hydrogens is 700 g/mol. The van der Waals surface area contributed by atoms with E-state index >= 15 is 0 Å². The molecule has 0 radical (unpaired) electrons. The summed E-state index contributed by atoms with van der Waals surface area (Å²) in [7, 11) is 0. The van der Waals surface area contributed by atoms with Gasteiger partial charge in [-0.05, 0) is 65.7 Å². The zero-order valence-corrected chi connectivity index (χ0v) is 31.9. The summed E-state index contributed by atoms with van der Waals surface area (Å²) in [6.07, 6.45) is -1.88. The number of carbonyl (C=O) groups excluding carboxylic acids is 5. The van der Waals surface area contributed by atoms with Gasteiger partial charge in [-0.3, -0.25) is 9.59 Å². The van der Waals surface area contributed by atoms with Gasteiger partial charge < -0.3 is 32.8 Å². The molecule has 2 saturated carbocycles. The minimum atomic E-state index is -1.70. The van der Waals surface area contributed by atoms with Crippen LogP contribution in [0.5, 0.6) is 5.75 Å². The first kappa shape index (κ1) is 36.1. The molecule has 286 valence electrons. The van der Waals surface area contributed by atoms with Crippen molar-refractivity contribution in [2.24, 2.45) is 21.7 Å². The lowest BCUT2D eigenvalue weighted by molar-refractivity contribution is -0.217. The minimum absolute atomic E-state index is 0.0214. The summed E-state index contributed by atoms with van der Waals surface area (Å²) >= 11 is 0. The molecule has 13 nitrogen and oxygen atoms in total. The fraction of sp³-hybridized carbons (Fsp3) is 0.561. The van der Waals surface area contributed by atoms with Crippen molar-refractivity contribution >= 4 is 51.6 Å². The highest BCUT2D eigenvalue weighted by Gasteiger charge is 2.78. The molecule has 1 aromatic heterocycles. The van der Waals surface area contributed by atoms with Gasteiger partial charge in [0.05, 0.1) is 28.6 Å². The minimum Gasteiger partial charge on any atom is -0.483 e. The molecule has 3 aliphatic heterocycles. The first-order valence-electron chi connectivity index (χ1n) is 18.4. The average Bonchev–Trinajstić information content (AvgIpc) is 3.57. The van der Waals surface area contributed by atoms with Crippen molar-refractivity contribution < 1.29 is 56.8 Å². The molecule has 54 heavy (non-hydrogen) atoms. The number of esters is 5. The molecule has 4 heterocycles. The Morgan fingerprint density at radius 1 is 0.741 bits per heavy atom. The van der Waals surface area contributed by atoms with E-state index in [-0.39, 0.29) is 47.3 Å². The van der Waals surface area contributed by atoms with E-state index in [1.54, 1.807) is 86.6 Å². The standard InChI is InChI=1S/C41H44O13/c1-10-48-30(43)22-19-23(42)49-27-24(22)20-13-11-12-14-21(20)26-25(27)28(50-33(46)40-17-15-38(8,31(44)53-40)36(40,4)5)29(35(2,3)52-26)51-34(47)41-18-16-39(9,32(45)54-41)37(41,6)7/h11-14,19,28-29H,10,15-18H2,1-9H3/t28-,29-,38+,39+,40-,41-/m1/s1. The second kappa shape index (κ2) is 10.8. The molecule has 2 saturated heterocycles. The summed E-state index contributed by atoms with van der Waals surface area (Å²) in [5.74, 6) is -3.41. The summed E-state index contributed by atoms with van der Waals surface area (Å²) in [6, 6.07) is 8.02. The van der Waals surface area contributed by atoms with Crippen molar-refractivity contribution in [2.45, 2.75) is 117 Å². The van der Waals surface area contributed by atoms with Crippen LogP contribution in [0.4, 0.5) is 0 Å². The summed E-state index contributed by atoms with van der Waals surface area (Å²) in [6.45, 7) is 15.7. The van der Waals surface area contributed by atoms with E-state index in [0.29, 0.717) is 23.6 Å². The summed E-state index contributed by atoms with van der Waals surface area (Å²) < 4.78 is 42.7. The van der Waals surface area contributed by atoms with Crippen LogP contribution in [0.25, 0.3) is 21.7 Å². The monoisotopic (exact) mass is 744 g/mol.